The zero-order valence-corrected chi connectivity index (χ0v) is 12.1. The molecule has 1 aromatic rings. The first-order valence-electron chi connectivity index (χ1n) is 6.25. The van der Waals surface area contributed by atoms with E-state index < -0.39 is 44.7 Å². The fourth-order valence-corrected chi connectivity index (χ4v) is 3.31. The highest BCUT2D eigenvalue weighted by molar-refractivity contribution is 7.91. The van der Waals surface area contributed by atoms with Crippen LogP contribution in [0.15, 0.2) is 10.8 Å². The van der Waals surface area contributed by atoms with Gasteiger partial charge >= 0.3 is 6.18 Å². The Morgan fingerprint density at radius 1 is 1.32 bits per heavy atom. The highest BCUT2D eigenvalue weighted by Gasteiger charge is 2.38. The van der Waals surface area contributed by atoms with Crippen molar-refractivity contribution in [2.75, 3.05) is 32.1 Å². The van der Waals surface area contributed by atoms with Crippen molar-refractivity contribution in [3.05, 3.63) is 17.5 Å². The van der Waals surface area contributed by atoms with Crippen molar-refractivity contribution in [2.45, 2.75) is 11.9 Å². The van der Waals surface area contributed by atoms with E-state index in [1.165, 1.54) is 4.90 Å². The summed E-state index contributed by atoms with van der Waals surface area (Å²) in [6.45, 7) is 1.12. The molecular formula is C11H13F3N2O5S. The molecule has 0 saturated carbocycles. The Labute approximate surface area is 123 Å². The standard InChI is InChI=1S/C11H13F3N2O5S/c12-11(13,14)10-8(5-21-15-10)6-22(18,19)7-9(17)16-1-3-20-4-2-16/h5H,1-4,6-7H2. The van der Waals surface area contributed by atoms with Crippen molar-refractivity contribution in [3.63, 3.8) is 0 Å². The van der Waals surface area contributed by atoms with Crippen LogP contribution in [0, 0.1) is 0 Å². The molecule has 2 rings (SSSR count). The third-order valence-corrected chi connectivity index (χ3v) is 4.43. The van der Waals surface area contributed by atoms with Gasteiger partial charge in [0, 0.05) is 18.7 Å². The Morgan fingerprint density at radius 2 is 1.95 bits per heavy atom. The molecule has 1 aliphatic rings. The second-order valence-corrected chi connectivity index (χ2v) is 6.78. The zero-order chi connectivity index (χ0) is 16.4. The van der Waals surface area contributed by atoms with Gasteiger partial charge in [-0.1, -0.05) is 5.16 Å². The number of morpholine rings is 1. The second kappa shape index (κ2) is 6.24. The number of ether oxygens (including phenoxy) is 1. The summed E-state index contributed by atoms with van der Waals surface area (Å²) in [4.78, 5) is 13.2. The van der Waals surface area contributed by atoms with Crippen LogP contribution in [0.5, 0.6) is 0 Å². The largest absolute Gasteiger partial charge is 0.437 e. The van der Waals surface area contributed by atoms with E-state index in [2.05, 4.69) is 9.68 Å². The van der Waals surface area contributed by atoms with Crippen LogP contribution in [0.4, 0.5) is 13.2 Å². The highest BCUT2D eigenvalue weighted by Crippen LogP contribution is 2.31. The summed E-state index contributed by atoms with van der Waals surface area (Å²) in [7, 11) is -4.07. The van der Waals surface area contributed by atoms with E-state index in [0.29, 0.717) is 19.5 Å². The van der Waals surface area contributed by atoms with E-state index in [1.807, 2.05) is 0 Å². The van der Waals surface area contributed by atoms with Crippen molar-refractivity contribution in [2.24, 2.45) is 0 Å². The summed E-state index contributed by atoms with van der Waals surface area (Å²) >= 11 is 0. The molecule has 11 heteroatoms. The molecule has 7 nitrogen and oxygen atoms in total. The molecule has 0 spiro atoms. The quantitative estimate of drug-likeness (QED) is 0.790. The fourth-order valence-electron chi connectivity index (χ4n) is 1.97. The van der Waals surface area contributed by atoms with E-state index in [9.17, 15) is 26.4 Å². The number of aromatic nitrogens is 1. The monoisotopic (exact) mass is 342 g/mol. The molecule has 0 unspecified atom stereocenters. The molecule has 1 aromatic heterocycles. The van der Waals surface area contributed by atoms with Gasteiger partial charge in [0.25, 0.3) is 0 Å². The minimum absolute atomic E-state index is 0.259. The molecule has 0 atom stereocenters. The van der Waals surface area contributed by atoms with Gasteiger partial charge in [-0.25, -0.2) is 8.42 Å². The average molecular weight is 342 g/mol. The number of hydrogen-bond donors (Lipinski definition) is 0. The van der Waals surface area contributed by atoms with E-state index in [1.54, 1.807) is 0 Å². The van der Waals surface area contributed by atoms with Gasteiger partial charge in [-0.15, -0.1) is 0 Å². The SMILES string of the molecule is O=C(CS(=O)(=O)Cc1conc1C(F)(F)F)N1CCOCC1. The summed E-state index contributed by atoms with van der Waals surface area (Å²) < 4.78 is 70.9. The number of carbonyl (C=O) groups is 1. The first kappa shape index (κ1) is 16.7. The molecule has 0 aromatic carbocycles. The Morgan fingerprint density at radius 3 is 2.55 bits per heavy atom. The van der Waals surface area contributed by atoms with Crippen molar-refractivity contribution in [1.82, 2.24) is 10.1 Å². The maximum absolute atomic E-state index is 12.6. The van der Waals surface area contributed by atoms with Crippen molar-refractivity contribution < 1.29 is 35.6 Å². The molecule has 22 heavy (non-hydrogen) atoms. The van der Waals surface area contributed by atoms with Crippen LogP contribution in [0.1, 0.15) is 11.3 Å². The van der Waals surface area contributed by atoms with Gasteiger partial charge < -0.3 is 14.2 Å². The van der Waals surface area contributed by atoms with Gasteiger partial charge in [-0.2, -0.15) is 13.2 Å². The third-order valence-electron chi connectivity index (χ3n) is 2.99. The van der Waals surface area contributed by atoms with Crippen molar-refractivity contribution >= 4 is 15.7 Å². The number of halogens is 3. The normalized spacial score (nSPS) is 16.8. The highest BCUT2D eigenvalue weighted by atomic mass is 32.2. The molecule has 2 heterocycles. The Balaban J connectivity index is 2.05. The first-order valence-corrected chi connectivity index (χ1v) is 8.07. The van der Waals surface area contributed by atoms with Gasteiger partial charge in [0.1, 0.15) is 12.0 Å². The van der Waals surface area contributed by atoms with Gasteiger partial charge in [0.15, 0.2) is 15.5 Å². The van der Waals surface area contributed by atoms with Gasteiger partial charge in [0.05, 0.1) is 19.0 Å². The van der Waals surface area contributed by atoms with Gasteiger partial charge in [0.2, 0.25) is 5.91 Å². The summed E-state index contributed by atoms with van der Waals surface area (Å²) in [5, 5.41) is 2.76. The minimum atomic E-state index is -4.81. The third kappa shape index (κ3) is 4.19. The molecule has 1 fully saturated rings. The fraction of sp³-hybridized carbons (Fsp3) is 0.636. The zero-order valence-electron chi connectivity index (χ0n) is 11.3. The van der Waals surface area contributed by atoms with E-state index in [-0.39, 0.29) is 13.1 Å². The summed E-state index contributed by atoms with van der Waals surface area (Å²) in [5.74, 6) is -2.48. The lowest BCUT2D eigenvalue weighted by Crippen LogP contribution is -2.43. The van der Waals surface area contributed by atoms with E-state index in [4.69, 9.17) is 4.74 Å². The van der Waals surface area contributed by atoms with Crippen LogP contribution in [-0.2, 0) is 31.3 Å². The number of amides is 1. The van der Waals surface area contributed by atoms with Crippen LogP contribution in [0.2, 0.25) is 0 Å². The maximum Gasteiger partial charge on any atom is 0.437 e. The Bertz CT molecular complexity index is 634. The summed E-state index contributed by atoms with van der Waals surface area (Å²) in [5.41, 5.74) is -2.00. The Kier molecular flexibility index (Phi) is 4.75. The summed E-state index contributed by atoms with van der Waals surface area (Å²) in [6, 6.07) is 0. The van der Waals surface area contributed by atoms with Crippen LogP contribution < -0.4 is 0 Å². The molecule has 0 radical (unpaired) electrons. The topological polar surface area (TPSA) is 89.7 Å². The molecule has 124 valence electrons. The number of alkyl halides is 3. The Hall–Kier alpha value is -1.62. The second-order valence-electron chi connectivity index (χ2n) is 4.71. The van der Waals surface area contributed by atoms with Crippen LogP contribution in [0.25, 0.3) is 0 Å². The van der Waals surface area contributed by atoms with E-state index >= 15 is 0 Å². The average Bonchev–Trinajstić information content (AvgIpc) is 2.86. The lowest BCUT2D eigenvalue weighted by atomic mass is 10.3. The maximum atomic E-state index is 12.6. The lowest BCUT2D eigenvalue weighted by molar-refractivity contribution is -0.143. The molecule has 1 aliphatic heterocycles. The molecule has 1 amide bonds. The van der Waals surface area contributed by atoms with Crippen LogP contribution in [-0.4, -0.2) is 56.4 Å². The van der Waals surface area contributed by atoms with Crippen LogP contribution in [0.3, 0.4) is 0 Å². The number of carbonyl (C=O) groups excluding carboxylic acids is 1. The molecule has 0 aliphatic carbocycles. The molecular weight excluding hydrogens is 329 g/mol. The summed E-state index contributed by atoms with van der Waals surface area (Å²) in [6.07, 6.45) is -4.19. The predicted octanol–water partition coefficient (Wildman–Crippen LogP) is 0.467. The molecule has 0 bridgehead atoms. The van der Waals surface area contributed by atoms with Crippen molar-refractivity contribution in [3.8, 4) is 0 Å². The van der Waals surface area contributed by atoms with Crippen LogP contribution >= 0.6 is 0 Å². The number of rotatable bonds is 4. The molecule has 1 saturated heterocycles. The lowest BCUT2D eigenvalue weighted by Gasteiger charge is -2.26. The number of nitrogens with zero attached hydrogens (tertiary/aromatic N) is 2. The van der Waals surface area contributed by atoms with Crippen molar-refractivity contribution in [1.29, 1.82) is 0 Å². The smallest absolute Gasteiger partial charge is 0.378 e. The first-order chi connectivity index (χ1) is 10.2. The number of hydrogen-bond acceptors (Lipinski definition) is 6. The number of sulfone groups is 1. The van der Waals surface area contributed by atoms with Gasteiger partial charge in [-0.3, -0.25) is 4.79 Å². The molecule has 0 N–H and O–H groups in total. The minimum Gasteiger partial charge on any atom is -0.378 e. The predicted molar refractivity (Wildman–Crippen MR) is 66.4 cm³/mol. The van der Waals surface area contributed by atoms with Gasteiger partial charge in [-0.05, 0) is 0 Å². The van der Waals surface area contributed by atoms with E-state index in [0.717, 1.165) is 0 Å².